The van der Waals surface area contributed by atoms with Crippen molar-refractivity contribution in [2.24, 2.45) is 17.3 Å². The van der Waals surface area contributed by atoms with Crippen molar-refractivity contribution in [2.75, 3.05) is 7.11 Å². The SMILES string of the molecule is COC(=O)C1C(C=C(C)C)C12CCC2. The molecule has 2 unspecified atom stereocenters. The molecule has 0 radical (unpaired) electrons. The molecule has 2 heteroatoms. The van der Waals surface area contributed by atoms with Gasteiger partial charge in [-0.2, -0.15) is 0 Å². The van der Waals surface area contributed by atoms with Gasteiger partial charge in [-0.1, -0.05) is 18.1 Å². The summed E-state index contributed by atoms with van der Waals surface area (Å²) in [5, 5.41) is 0. The molecule has 2 aliphatic rings. The van der Waals surface area contributed by atoms with Crippen molar-refractivity contribution < 1.29 is 9.53 Å². The summed E-state index contributed by atoms with van der Waals surface area (Å²) in [7, 11) is 1.49. The van der Waals surface area contributed by atoms with Crippen molar-refractivity contribution in [2.45, 2.75) is 33.1 Å². The van der Waals surface area contributed by atoms with Gasteiger partial charge in [0.15, 0.2) is 0 Å². The summed E-state index contributed by atoms with van der Waals surface area (Å²) in [6.07, 6.45) is 5.95. The molecule has 2 rings (SSSR count). The number of hydrogen-bond donors (Lipinski definition) is 0. The molecule has 1 spiro atoms. The van der Waals surface area contributed by atoms with E-state index in [4.69, 9.17) is 4.74 Å². The minimum absolute atomic E-state index is 0.00722. The van der Waals surface area contributed by atoms with E-state index >= 15 is 0 Å². The monoisotopic (exact) mass is 194 g/mol. The number of rotatable bonds is 2. The fraction of sp³-hybridized carbons (Fsp3) is 0.750. The van der Waals surface area contributed by atoms with E-state index in [0.29, 0.717) is 11.3 Å². The zero-order valence-electron chi connectivity index (χ0n) is 9.17. The lowest BCUT2D eigenvalue weighted by Gasteiger charge is -2.26. The highest BCUT2D eigenvalue weighted by molar-refractivity contribution is 5.78. The Hall–Kier alpha value is -0.790. The number of hydrogen-bond acceptors (Lipinski definition) is 2. The lowest BCUT2D eigenvalue weighted by atomic mass is 9.78. The number of methoxy groups -OCH3 is 1. The van der Waals surface area contributed by atoms with Crippen LogP contribution in [0.3, 0.4) is 0 Å². The second-order valence-corrected chi connectivity index (χ2v) is 4.86. The molecule has 2 nitrogen and oxygen atoms in total. The van der Waals surface area contributed by atoms with Crippen molar-refractivity contribution in [3.8, 4) is 0 Å². The average Bonchev–Trinajstić information content (AvgIpc) is 2.70. The average molecular weight is 194 g/mol. The summed E-state index contributed by atoms with van der Waals surface area (Å²) in [6, 6.07) is 0. The van der Waals surface area contributed by atoms with E-state index in [2.05, 4.69) is 19.9 Å². The molecule has 0 aromatic heterocycles. The van der Waals surface area contributed by atoms with Gasteiger partial charge in [0.1, 0.15) is 0 Å². The molecule has 0 heterocycles. The van der Waals surface area contributed by atoms with Gasteiger partial charge in [0.05, 0.1) is 13.0 Å². The van der Waals surface area contributed by atoms with Crippen LogP contribution in [-0.4, -0.2) is 13.1 Å². The third-order valence-electron chi connectivity index (χ3n) is 3.79. The van der Waals surface area contributed by atoms with Gasteiger partial charge in [0, 0.05) is 0 Å². The van der Waals surface area contributed by atoms with Crippen molar-refractivity contribution in [1.29, 1.82) is 0 Å². The van der Waals surface area contributed by atoms with Gasteiger partial charge in [-0.25, -0.2) is 0 Å². The van der Waals surface area contributed by atoms with Crippen LogP contribution in [0, 0.1) is 17.3 Å². The number of carbonyl (C=O) groups is 1. The lowest BCUT2D eigenvalue weighted by Crippen LogP contribution is -2.19. The highest BCUT2D eigenvalue weighted by Gasteiger charge is 2.69. The third-order valence-corrected chi connectivity index (χ3v) is 3.79. The zero-order chi connectivity index (χ0) is 10.3. The fourth-order valence-electron chi connectivity index (χ4n) is 2.88. The molecular weight excluding hydrogens is 176 g/mol. The van der Waals surface area contributed by atoms with E-state index in [1.807, 2.05) is 0 Å². The molecule has 2 aliphatic carbocycles. The van der Waals surface area contributed by atoms with Gasteiger partial charge in [-0.15, -0.1) is 0 Å². The zero-order valence-corrected chi connectivity index (χ0v) is 9.17. The Morgan fingerprint density at radius 2 is 2.07 bits per heavy atom. The largest absolute Gasteiger partial charge is 0.469 e. The van der Waals surface area contributed by atoms with E-state index in [0.717, 1.165) is 0 Å². The number of ether oxygens (including phenoxy) is 1. The number of carbonyl (C=O) groups excluding carboxylic acids is 1. The molecule has 2 atom stereocenters. The van der Waals surface area contributed by atoms with E-state index in [-0.39, 0.29) is 11.9 Å². The molecule has 2 saturated carbocycles. The van der Waals surface area contributed by atoms with E-state index in [1.54, 1.807) is 0 Å². The summed E-state index contributed by atoms with van der Waals surface area (Å²) >= 11 is 0. The summed E-state index contributed by atoms with van der Waals surface area (Å²) in [6.45, 7) is 4.19. The first-order valence-corrected chi connectivity index (χ1v) is 5.34. The minimum Gasteiger partial charge on any atom is -0.469 e. The molecule has 2 fully saturated rings. The maximum atomic E-state index is 11.5. The first-order chi connectivity index (χ1) is 6.62. The van der Waals surface area contributed by atoms with Crippen LogP contribution in [0.2, 0.25) is 0 Å². The molecule has 0 bridgehead atoms. The topological polar surface area (TPSA) is 26.3 Å². The molecule has 78 valence electrons. The van der Waals surface area contributed by atoms with Gasteiger partial charge >= 0.3 is 5.97 Å². The Morgan fingerprint density at radius 1 is 1.43 bits per heavy atom. The lowest BCUT2D eigenvalue weighted by molar-refractivity contribution is -0.143. The van der Waals surface area contributed by atoms with Gasteiger partial charge in [0.25, 0.3) is 0 Å². The Morgan fingerprint density at radius 3 is 2.43 bits per heavy atom. The van der Waals surface area contributed by atoms with Crippen LogP contribution in [0.4, 0.5) is 0 Å². The summed E-state index contributed by atoms with van der Waals surface area (Å²) < 4.78 is 4.85. The summed E-state index contributed by atoms with van der Waals surface area (Å²) in [5.41, 5.74) is 1.62. The van der Waals surface area contributed by atoms with E-state index < -0.39 is 0 Å². The molecular formula is C12H18O2. The van der Waals surface area contributed by atoms with Gasteiger partial charge in [-0.05, 0) is 38.0 Å². The van der Waals surface area contributed by atoms with Crippen LogP contribution < -0.4 is 0 Å². The maximum absolute atomic E-state index is 11.5. The minimum atomic E-state index is -0.00722. The van der Waals surface area contributed by atoms with E-state index in [9.17, 15) is 4.79 Å². The third kappa shape index (κ3) is 1.20. The normalized spacial score (nSPS) is 31.9. The molecule has 0 saturated heterocycles. The van der Waals surface area contributed by atoms with Crippen molar-refractivity contribution in [1.82, 2.24) is 0 Å². The number of allylic oxidation sites excluding steroid dienone is 2. The Bertz CT molecular complexity index is 283. The quantitative estimate of drug-likeness (QED) is 0.499. The highest BCUT2D eigenvalue weighted by atomic mass is 16.5. The van der Waals surface area contributed by atoms with Crippen LogP contribution in [0.1, 0.15) is 33.1 Å². The van der Waals surface area contributed by atoms with Crippen LogP contribution >= 0.6 is 0 Å². The van der Waals surface area contributed by atoms with E-state index in [1.165, 1.54) is 31.9 Å². The highest BCUT2D eigenvalue weighted by Crippen LogP contribution is 2.71. The Balaban J connectivity index is 2.11. The molecule has 0 aromatic rings. The van der Waals surface area contributed by atoms with Crippen LogP contribution in [0.5, 0.6) is 0 Å². The second kappa shape index (κ2) is 3.11. The van der Waals surface area contributed by atoms with Crippen molar-refractivity contribution in [3.05, 3.63) is 11.6 Å². The van der Waals surface area contributed by atoms with Gasteiger partial charge < -0.3 is 4.74 Å². The first-order valence-electron chi connectivity index (χ1n) is 5.34. The first kappa shape index (κ1) is 9.75. The Kier molecular flexibility index (Phi) is 2.17. The smallest absolute Gasteiger partial charge is 0.309 e. The predicted molar refractivity (Wildman–Crippen MR) is 54.7 cm³/mol. The Labute approximate surface area is 85.3 Å². The van der Waals surface area contributed by atoms with Crippen LogP contribution in [0.25, 0.3) is 0 Å². The van der Waals surface area contributed by atoms with Gasteiger partial charge in [0.2, 0.25) is 0 Å². The van der Waals surface area contributed by atoms with Crippen LogP contribution in [-0.2, 0) is 9.53 Å². The molecule has 14 heavy (non-hydrogen) atoms. The summed E-state index contributed by atoms with van der Waals surface area (Å²) in [5.74, 6) is 0.622. The molecule has 0 aromatic carbocycles. The molecule has 0 N–H and O–H groups in total. The van der Waals surface area contributed by atoms with Gasteiger partial charge in [-0.3, -0.25) is 4.79 Å². The second-order valence-electron chi connectivity index (χ2n) is 4.86. The predicted octanol–water partition coefficient (Wildman–Crippen LogP) is 2.54. The standard InChI is InChI=1S/C12H18O2/c1-8(2)7-9-10(11(13)14-3)12(9)5-4-6-12/h7,9-10H,4-6H2,1-3H3. The summed E-state index contributed by atoms with van der Waals surface area (Å²) in [4.78, 5) is 11.5. The number of esters is 1. The van der Waals surface area contributed by atoms with Crippen molar-refractivity contribution >= 4 is 5.97 Å². The fourth-order valence-corrected chi connectivity index (χ4v) is 2.88. The maximum Gasteiger partial charge on any atom is 0.309 e. The van der Waals surface area contributed by atoms with Crippen molar-refractivity contribution in [3.63, 3.8) is 0 Å². The van der Waals surface area contributed by atoms with Crippen LogP contribution in [0.15, 0.2) is 11.6 Å². The molecule has 0 aliphatic heterocycles. The molecule has 0 amide bonds.